The van der Waals surface area contributed by atoms with Gasteiger partial charge in [0, 0.05) is 18.7 Å². The van der Waals surface area contributed by atoms with Gasteiger partial charge in [0.2, 0.25) is 0 Å². The van der Waals surface area contributed by atoms with E-state index >= 15 is 0 Å². The van der Waals surface area contributed by atoms with Crippen LogP contribution in [0, 0.1) is 5.92 Å². The maximum Gasteiger partial charge on any atom is 0.107 e. The summed E-state index contributed by atoms with van der Waals surface area (Å²) in [5.41, 5.74) is 4.56. The lowest BCUT2D eigenvalue weighted by Gasteiger charge is -2.06. The third-order valence-corrected chi connectivity index (χ3v) is 3.83. The van der Waals surface area contributed by atoms with E-state index in [0.717, 1.165) is 35.5 Å². The molecule has 0 aliphatic carbocycles. The lowest BCUT2D eigenvalue weighted by Crippen LogP contribution is -1.98. The normalized spacial score (nSPS) is 11.2. The van der Waals surface area contributed by atoms with Crippen LogP contribution in [-0.4, -0.2) is 9.97 Å². The zero-order chi connectivity index (χ0) is 15.4. The lowest BCUT2D eigenvalue weighted by molar-refractivity contribution is 0.577. The molecule has 0 atom stereocenters. The molecule has 0 aliphatic rings. The Bertz CT molecular complexity index is 729. The van der Waals surface area contributed by atoms with Gasteiger partial charge in [0.1, 0.15) is 5.82 Å². The van der Waals surface area contributed by atoms with Crippen LogP contribution < -0.4 is 5.32 Å². The van der Waals surface area contributed by atoms with Gasteiger partial charge in [-0.1, -0.05) is 44.2 Å². The van der Waals surface area contributed by atoms with Crippen LogP contribution in [0.3, 0.4) is 0 Å². The Hall–Kier alpha value is -2.29. The Balaban J connectivity index is 1.69. The second kappa shape index (κ2) is 6.65. The zero-order valence-electron chi connectivity index (χ0n) is 13.3. The summed E-state index contributed by atoms with van der Waals surface area (Å²) in [6.45, 7) is 5.32. The van der Waals surface area contributed by atoms with E-state index in [1.807, 2.05) is 6.07 Å². The van der Waals surface area contributed by atoms with Gasteiger partial charge in [-0.05, 0) is 36.1 Å². The number of nitrogens with one attached hydrogen (secondary N) is 2. The first-order valence-electron chi connectivity index (χ1n) is 7.97. The lowest BCUT2D eigenvalue weighted by atomic mass is 10.1. The van der Waals surface area contributed by atoms with Crippen LogP contribution in [0.5, 0.6) is 0 Å². The van der Waals surface area contributed by atoms with Crippen molar-refractivity contribution in [2.24, 2.45) is 5.92 Å². The molecular formula is C19H23N3. The molecule has 0 spiro atoms. The average Bonchev–Trinajstić information content (AvgIpc) is 2.94. The molecule has 0 bridgehead atoms. The summed E-state index contributed by atoms with van der Waals surface area (Å²) >= 11 is 0. The van der Waals surface area contributed by atoms with Gasteiger partial charge in [-0.25, -0.2) is 4.98 Å². The highest BCUT2D eigenvalue weighted by Crippen LogP contribution is 2.19. The number of anilines is 1. The standard InChI is InChI=1S/C19H23N3/c1-14(2)8-11-19-21-17-10-9-16(12-18(17)22-19)20-13-15-6-4-3-5-7-15/h3-7,9-10,12,14,20H,8,11,13H2,1-2H3,(H,21,22). The summed E-state index contributed by atoms with van der Waals surface area (Å²) in [6.07, 6.45) is 2.18. The van der Waals surface area contributed by atoms with E-state index in [1.165, 1.54) is 12.0 Å². The van der Waals surface area contributed by atoms with Gasteiger partial charge in [-0.2, -0.15) is 0 Å². The molecular weight excluding hydrogens is 270 g/mol. The van der Waals surface area contributed by atoms with Crippen molar-refractivity contribution in [3.8, 4) is 0 Å². The molecule has 2 aromatic carbocycles. The molecule has 3 heteroatoms. The van der Waals surface area contributed by atoms with Crippen LogP contribution in [0.25, 0.3) is 11.0 Å². The second-order valence-electron chi connectivity index (χ2n) is 6.19. The van der Waals surface area contributed by atoms with E-state index in [0.29, 0.717) is 5.92 Å². The number of aromatic nitrogens is 2. The molecule has 0 unspecified atom stereocenters. The molecule has 0 saturated heterocycles. The minimum Gasteiger partial charge on any atom is -0.381 e. The third-order valence-electron chi connectivity index (χ3n) is 3.83. The van der Waals surface area contributed by atoms with Gasteiger partial charge < -0.3 is 10.3 Å². The first kappa shape index (κ1) is 14.6. The van der Waals surface area contributed by atoms with Crippen LogP contribution in [0.1, 0.15) is 31.7 Å². The van der Waals surface area contributed by atoms with Crippen molar-refractivity contribution in [3.63, 3.8) is 0 Å². The van der Waals surface area contributed by atoms with Crippen LogP contribution in [0.2, 0.25) is 0 Å². The van der Waals surface area contributed by atoms with Crippen molar-refractivity contribution in [1.29, 1.82) is 0 Å². The molecule has 1 heterocycles. The van der Waals surface area contributed by atoms with Gasteiger partial charge in [-0.3, -0.25) is 0 Å². The minimum atomic E-state index is 0.705. The Labute approximate surface area is 131 Å². The predicted octanol–water partition coefficient (Wildman–Crippen LogP) is 4.76. The van der Waals surface area contributed by atoms with Gasteiger partial charge >= 0.3 is 0 Å². The van der Waals surface area contributed by atoms with Crippen LogP contribution in [-0.2, 0) is 13.0 Å². The quantitative estimate of drug-likeness (QED) is 0.687. The van der Waals surface area contributed by atoms with E-state index in [2.05, 4.69) is 71.6 Å². The number of hydrogen-bond acceptors (Lipinski definition) is 2. The average molecular weight is 293 g/mol. The number of H-pyrrole nitrogens is 1. The topological polar surface area (TPSA) is 40.7 Å². The van der Waals surface area contributed by atoms with E-state index in [4.69, 9.17) is 0 Å². The van der Waals surface area contributed by atoms with Gasteiger partial charge in [0.25, 0.3) is 0 Å². The number of hydrogen-bond donors (Lipinski definition) is 2. The maximum atomic E-state index is 4.66. The maximum absolute atomic E-state index is 4.66. The summed E-state index contributed by atoms with van der Waals surface area (Å²) in [6, 6.07) is 16.8. The third kappa shape index (κ3) is 3.67. The summed E-state index contributed by atoms with van der Waals surface area (Å²) < 4.78 is 0. The molecule has 3 rings (SSSR count). The molecule has 22 heavy (non-hydrogen) atoms. The number of rotatable bonds is 6. The number of benzene rings is 2. The number of fused-ring (bicyclic) bond motifs is 1. The van der Waals surface area contributed by atoms with Gasteiger partial charge in [-0.15, -0.1) is 0 Å². The number of imidazole rings is 1. The molecule has 0 aliphatic heterocycles. The largest absolute Gasteiger partial charge is 0.381 e. The number of nitrogens with zero attached hydrogens (tertiary/aromatic N) is 1. The summed E-state index contributed by atoms with van der Waals surface area (Å²) in [5, 5.41) is 3.46. The molecule has 0 radical (unpaired) electrons. The van der Waals surface area contributed by atoms with Crippen molar-refractivity contribution in [2.75, 3.05) is 5.32 Å². The highest BCUT2D eigenvalue weighted by Gasteiger charge is 2.05. The number of aryl methyl sites for hydroxylation is 1. The van der Waals surface area contributed by atoms with Crippen LogP contribution in [0.4, 0.5) is 5.69 Å². The fourth-order valence-corrected chi connectivity index (χ4v) is 2.52. The SMILES string of the molecule is CC(C)CCc1nc2ccc(NCc3ccccc3)cc2[nH]1. The van der Waals surface area contributed by atoms with Crippen molar-refractivity contribution in [2.45, 2.75) is 33.2 Å². The molecule has 0 amide bonds. The van der Waals surface area contributed by atoms with Crippen molar-refractivity contribution >= 4 is 16.7 Å². The zero-order valence-corrected chi connectivity index (χ0v) is 13.3. The number of aromatic amines is 1. The fourth-order valence-electron chi connectivity index (χ4n) is 2.52. The molecule has 0 saturated carbocycles. The Morgan fingerprint density at radius 2 is 1.91 bits per heavy atom. The first-order valence-corrected chi connectivity index (χ1v) is 7.97. The highest BCUT2D eigenvalue weighted by molar-refractivity contribution is 5.79. The van der Waals surface area contributed by atoms with Gasteiger partial charge in [0.05, 0.1) is 11.0 Å². The molecule has 0 fully saturated rings. The Kier molecular flexibility index (Phi) is 4.42. The summed E-state index contributed by atoms with van der Waals surface area (Å²) in [5.74, 6) is 1.79. The first-order chi connectivity index (χ1) is 10.7. The monoisotopic (exact) mass is 293 g/mol. The predicted molar refractivity (Wildman–Crippen MR) is 93.0 cm³/mol. The van der Waals surface area contributed by atoms with Crippen molar-refractivity contribution < 1.29 is 0 Å². The van der Waals surface area contributed by atoms with Gasteiger partial charge in [0.15, 0.2) is 0 Å². The fraction of sp³-hybridized carbons (Fsp3) is 0.316. The smallest absolute Gasteiger partial charge is 0.107 e. The van der Waals surface area contributed by atoms with E-state index < -0.39 is 0 Å². The molecule has 2 N–H and O–H groups in total. The molecule has 114 valence electrons. The summed E-state index contributed by atoms with van der Waals surface area (Å²) in [7, 11) is 0. The second-order valence-corrected chi connectivity index (χ2v) is 6.19. The van der Waals surface area contributed by atoms with Crippen LogP contribution >= 0.6 is 0 Å². The van der Waals surface area contributed by atoms with Crippen molar-refractivity contribution in [1.82, 2.24) is 9.97 Å². The van der Waals surface area contributed by atoms with E-state index in [-0.39, 0.29) is 0 Å². The van der Waals surface area contributed by atoms with Crippen LogP contribution in [0.15, 0.2) is 48.5 Å². The minimum absolute atomic E-state index is 0.705. The molecule has 3 nitrogen and oxygen atoms in total. The Morgan fingerprint density at radius 1 is 1.09 bits per heavy atom. The summed E-state index contributed by atoms with van der Waals surface area (Å²) in [4.78, 5) is 8.10. The highest BCUT2D eigenvalue weighted by atomic mass is 14.9. The molecule has 3 aromatic rings. The van der Waals surface area contributed by atoms with E-state index in [1.54, 1.807) is 0 Å². The van der Waals surface area contributed by atoms with E-state index in [9.17, 15) is 0 Å². The molecule has 1 aromatic heterocycles. The van der Waals surface area contributed by atoms with Crippen molar-refractivity contribution in [3.05, 3.63) is 59.9 Å². The Morgan fingerprint density at radius 3 is 2.68 bits per heavy atom.